The van der Waals surface area contributed by atoms with E-state index in [4.69, 9.17) is 10.5 Å². The van der Waals surface area contributed by atoms with Crippen molar-refractivity contribution < 1.29 is 18.3 Å². The summed E-state index contributed by atoms with van der Waals surface area (Å²) in [4.78, 5) is 11.7. The molecule has 0 aliphatic rings. The summed E-state index contributed by atoms with van der Waals surface area (Å²) in [5, 5.41) is 0. The molecule has 0 aliphatic carbocycles. The highest BCUT2D eigenvalue weighted by Gasteiger charge is 2.23. The third-order valence-electron chi connectivity index (χ3n) is 4.30. The average Bonchev–Trinajstić information content (AvgIpc) is 2.53. The van der Waals surface area contributed by atoms with Gasteiger partial charge in [0.1, 0.15) is 11.6 Å². The van der Waals surface area contributed by atoms with Gasteiger partial charge >= 0.3 is 5.97 Å². The van der Waals surface area contributed by atoms with Crippen LogP contribution >= 0.6 is 0 Å². The lowest BCUT2D eigenvalue weighted by Crippen LogP contribution is -2.20. The number of aryl methyl sites for hydroxylation is 2. The Labute approximate surface area is 146 Å². The number of benzene rings is 2. The second kappa shape index (κ2) is 7.74. The van der Waals surface area contributed by atoms with Crippen LogP contribution < -0.4 is 5.73 Å². The third-order valence-corrected chi connectivity index (χ3v) is 4.30. The number of esters is 1. The highest BCUT2D eigenvalue weighted by Crippen LogP contribution is 2.35. The topological polar surface area (TPSA) is 52.3 Å². The molecule has 0 radical (unpaired) electrons. The van der Waals surface area contributed by atoms with E-state index in [0.717, 1.165) is 5.56 Å². The molecule has 0 bridgehead atoms. The van der Waals surface area contributed by atoms with E-state index in [2.05, 4.69) is 0 Å². The van der Waals surface area contributed by atoms with Gasteiger partial charge < -0.3 is 10.5 Å². The van der Waals surface area contributed by atoms with E-state index in [1.165, 1.54) is 12.1 Å². The zero-order valence-electron chi connectivity index (χ0n) is 15.0. The molecule has 0 spiro atoms. The molecule has 2 aromatic carbocycles. The van der Waals surface area contributed by atoms with E-state index in [-0.39, 0.29) is 24.4 Å². The molecule has 5 heteroatoms. The molecule has 0 aromatic heterocycles. The normalized spacial score (nSPS) is 12.1. The molecule has 134 valence electrons. The molecule has 1 unspecified atom stereocenters. The fourth-order valence-corrected chi connectivity index (χ4v) is 3.02. The molecule has 3 nitrogen and oxygen atoms in total. The lowest BCUT2D eigenvalue weighted by Gasteiger charge is -2.20. The van der Waals surface area contributed by atoms with Crippen molar-refractivity contribution in [3.05, 3.63) is 58.2 Å². The number of halogens is 2. The fraction of sp³-hybridized carbons (Fsp3) is 0.350. The molecule has 2 aromatic rings. The Balaban J connectivity index is 2.57. The van der Waals surface area contributed by atoms with Crippen molar-refractivity contribution in [1.29, 1.82) is 0 Å². The molecular formula is C20H23F2NO2. The number of carbonyl (C=O) groups excluding carboxylic acids is 1. The Bertz CT molecular complexity index is 803. The van der Waals surface area contributed by atoms with E-state index in [0.29, 0.717) is 22.3 Å². The van der Waals surface area contributed by atoms with Crippen molar-refractivity contribution in [2.75, 3.05) is 6.61 Å². The quantitative estimate of drug-likeness (QED) is 0.810. The number of rotatable bonds is 5. The van der Waals surface area contributed by atoms with Crippen molar-refractivity contribution >= 4 is 5.97 Å². The maximum Gasteiger partial charge on any atom is 0.307 e. The zero-order chi connectivity index (χ0) is 18.7. The maximum atomic E-state index is 14.7. The number of hydrogen-bond donors (Lipinski definition) is 1. The summed E-state index contributed by atoms with van der Waals surface area (Å²) < 4.78 is 33.3. The number of hydrogen-bond acceptors (Lipinski definition) is 3. The number of ether oxygens (including phenoxy) is 1. The lowest BCUT2D eigenvalue weighted by molar-refractivity contribution is -0.143. The van der Waals surface area contributed by atoms with E-state index < -0.39 is 17.8 Å². The highest BCUT2D eigenvalue weighted by molar-refractivity contribution is 5.74. The predicted octanol–water partition coefficient (Wildman–Crippen LogP) is 4.51. The van der Waals surface area contributed by atoms with Crippen molar-refractivity contribution in [2.24, 2.45) is 5.73 Å². The van der Waals surface area contributed by atoms with E-state index in [1.54, 1.807) is 32.9 Å². The number of nitrogens with two attached hydrogens (primary N) is 1. The minimum Gasteiger partial charge on any atom is -0.466 e. The summed E-state index contributed by atoms with van der Waals surface area (Å²) in [6.45, 7) is 7.18. The summed E-state index contributed by atoms with van der Waals surface area (Å²) in [6.07, 6.45) is -0.114. The molecule has 0 saturated heterocycles. The van der Waals surface area contributed by atoms with Crippen LogP contribution in [-0.2, 0) is 9.53 Å². The van der Waals surface area contributed by atoms with Crippen LogP contribution in [0.4, 0.5) is 8.78 Å². The van der Waals surface area contributed by atoms with Gasteiger partial charge in [0.2, 0.25) is 0 Å². The third kappa shape index (κ3) is 4.04. The Morgan fingerprint density at radius 3 is 2.44 bits per heavy atom. The summed E-state index contributed by atoms with van der Waals surface area (Å²) in [5.41, 5.74) is 9.65. The van der Waals surface area contributed by atoms with Gasteiger partial charge in [-0.3, -0.25) is 4.79 Å². The fourth-order valence-electron chi connectivity index (χ4n) is 3.02. The Kier molecular flexibility index (Phi) is 5.90. The first kappa shape index (κ1) is 19.1. The molecule has 0 aliphatic heterocycles. The largest absolute Gasteiger partial charge is 0.466 e. The average molecular weight is 347 g/mol. The molecule has 1 atom stereocenters. The van der Waals surface area contributed by atoms with Gasteiger partial charge in [0.15, 0.2) is 0 Å². The molecule has 0 amide bonds. The van der Waals surface area contributed by atoms with Gasteiger partial charge in [-0.25, -0.2) is 8.78 Å². The van der Waals surface area contributed by atoms with Crippen LogP contribution in [0.5, 0.6) is 0 Å². The minimum absolute atomic E-state index is 0.114. The van der Waals surface area contributed by atoms with Gasteiger partial charge in [-0.15, -0.1) is 0 Å². The highest BCUT2D eigenvalue weighted by atomic mass is 19.1. The Hall–Kier alpha value is -2.27. The second-order valence-corrected chi connectivity index (χ2v) is 6.17. The predicted molar refractivity (Wildman–Crippen MR) is 94.2 cm³/mol. The van der Waals surface area contributed by atoms with Crippen LogP contribution in [0.15, 0.2) is 24.3 Å². The minimum atomic E-state index is -0.827. The Morgan fingerprint density at radius 2 is 1.80 bits per heavy atom. The summed E-state index contributed by atoms with van der Waals surface area (Å²) in [7, 11) is 0. The standard InChI is InChI=1S/C20H23F2NO2/c1-5-25-18(24)10-17(23)19-13(4)16(8-12(3)20(19)22)15-9-14(21)7-6-11(15)2/h6-9,17H,5,10,23H2,1-4H3. The maximum absolute atomic E-state index is 14.7. The molecule has 2 N–H and O–H groups in total. The van der Waals surface area contributed by atoms with E-state index >= 15 is 0 Å². The summed E-state index contributed by atoms with van der Waals surface area (Å²) in [6, 6.07) is 5.35. The van der Waals surface area contributed by atoms with Crippen LogP contribution in [0, 0.1) is 32.4 Å². The van der Waals surface area contributed by atoms with Crippen LogP contribution in [0.1, 0.15) is 41.6 Å². The van der Waals surface area contributed by atoms with Gasteiger partial charge in [-0.05, 0) is 73.7 Å². The molecule has 25 heavy (non-hydrogen) atoms. The molecule has 0 fully saturated rings. The van der Waals surface area contributed by atoms with E-state index in [1.807, 2.05) is 6.92 Å². The van der Waals surface area contributed by atoms with Crippen LogP contribution in [0.2, 0.25) is 0 Å². The smallest absolute Gasteiger partial charge is 0.307 e. The first-order valence-electron chi connectivity index (χ1n) is 8.23. The van der Waals surface area contributed by atoms with Gasteiger partial charge in [-0.2, -0.15) is 0 Å². The Morgan fingerprint density at radius 1 is 1.12 bits per heavy atom. The van der Waals surface area contributed by atoms with Crippen LogP contribution in [0.3, 0.4) is 0 Å². The molecule has 2 rings (SSSR count). The molecule has 0 saturated carbocycles. The SMILES string of the molecule is CCOC(=O)CC(N)c1c(C)c(-c2cc(F)ccc2C)cc(C)c1F. The zero-order valence-corrected chi connectivity index (χ0v) is 15.0. The van der Waals surface area contributed by atoms with Crippen molar-refractivity contribution in [1.82, 2.24) is 0 Å². The van der Waals surface area contributed by atoms with Gasteiger partial charge in [0.25, 0.3) is 0 Å². The lowest BCUT2D eigenvalue weighted by atomic mass is 9.88. The summed E-state index contributed by atoms with van der Waals surface area (Å²) >= 11 is 0. The first-order valence-corrected chi connectivity index (χ1v) is 8.23. The van der Waals surface area contributed by atoms with Crippen molar-refractivity contribution in [3.63, 3.8) is 0 Å². The van der Waals surface area contributed by atoms with Crippen molar-refractivity contribution in [2.45, 2.75) is 40.2 Å². The van der Waals surface area contributed by atoms with Gasteiger partial charge in [0.05, 0.1) is 13.0 Å². The summed E-state index contributed by atoms with van der Waals surface area (Å²) in [5.74, 6) is -1.27. The molecule has 0 heterocycles. The van der Waals surface area contributed by atoms with Gasteiger partial charge in [-0.1, -0.05) is 6.07 Å². The van der Waals surface area contributed by atoms with Crippen molar-refractivity contribution in [3.8, 4) is 11.1 Å². The van der Waals surface area contributed by atoms with E-state index in [9.17, 15) is 13.6 Å². The van der Waals surface area contributed by atoms with Crippen LogP contribution in [-0.4, -0.2) is 12.6 Å². The monoisotopic (exact) mass is 347 g/mol. The second-order valence-electron chi connectivity index (χ2n) is 6.17. The first-order chi connectivity index (χ1) is 11.8. The molecular weight excluding hydrogens is 324 g/mol. The van der Waals surface area contributed by atoms with Gasteiger partial charge in [0, 0.05) is 11.6 Å². The van der Waals surface area contributed by atoms with Crippen LogP contribution in [0.25, 0.3) is 11.1 Å². The number of carbonyl (C=O) groups is 1.